The fraction of sp³-hybridized carbons (Fsp3) is 0.296. The van der Waals surface area contributed by atoms with Gasteiger partial charge in [-0.25, -0.2) is 8.42 Å². The summed E-state index contributed by atoms with van der Waals surface area (Å²) in [4.78, 5) is 14.7. The molecule has 3 aromatic carbocycles. The van der Waals surface area contributed by atoms with Crippen molar-refractivity contribution in [3.05, 3.63) is 83.9 Å². The third-order valence-corrected chi connectivity index (χ3v) is 8.36. The molecule has 184 valence electrons. The smallest absolute Gasteiger partial charge is 0.261 e. The van der Waals surface area contributed by atoms with Crippen LogP contribution in [0, 0.1) is 0 Å². The van der Waals surface area contributed by atoms with Crippen molar-refractivity contribution in [2.45, 2.75) is 43.4 Å². The zero-order chi connectivity index (χ0) is 25.2. The summed E-state index contributed by atoms with van der Waals surface area (Å²) in [7, 11) is -3.75. The van der Waals surface area contributed by atoms with E-state index in [4.69, 9.17) is 4.74 Å². The van der Waals surface area contributed by atoms with Gasteiger partial charge < -0.3 is 4.74 Å². The molecule has 8 heteroatoms. The summed E-state index contributed by atoms with van der Waals surface area (Å²) in [5.41, 5.74) is 3.08. The molecule has 1 aliphatic heterocycles. The summed E-state index contributed by atoms with van der Waals surface area (Å²) in [6, 6.07) is 21.6. The van der Waals surface area contributed by atoms with E-state index < -0.39 is 10.0 Å². The molecule has 0 aromatic heterocycles. The number of rotatable bonds is 7. The van der Waals surface area contributed by atoms with Crippen molar-refractivity contribution in [3.63, 3.8) is 0 Å². The van der Waals surface area contributed by atoms with Gasteiger partial charge in [-0.3, -0.25) is 14.4 Å². The van der Waals surface area contributed by atoms with Gasteiger partial charge in [0.1, 0.15) is 11.1 Å². The van der Waals surface area contributed by atoms with Crippen LogP contribution < -0.4 is 14.4 Å². The molecule has 1 aliphatic rings. The van der Waals surface area contributed by atoms with Gasteiger partial charge in [0.25, 0.3) is 10.0 Å². The SMILES string of the molecule is CCOc1ccc(N2C(=O)CS[C@@H]2c2cccc(NS(=O)(=O)c3ccc(C(C)(C)C)cc3)c2)cc1. The van der Waals surface area contributed by atoms with Crippen LogP contribution in [-0.2, 0) is 20.2 Å². The Kier molecular flexibility index (Phi) is 7.15. The van der Waals surface area contributed by atoms with Crippen molar-refractivity contribution < 1.29 is 17.9 Å². The molecule has 1 amide bonds. The molecule has 0 saturated carbocycles. The fourth-order valence-corrected chi connectivity index (χ4v) is 6.14. The van der Waals surface area contributed by atoms with E-state index in [2.05, 4.69) is 25.5 Å². The molecule has 3 aromatic rings. The monoisotopic (exact) mass is 510 g/mol. The average Bonchev–Trinajstić information content (AvgIpc) is 3.20. The molecule has 1 fully saturated rings. The highest BCUT2D eigenvalue weighted by atomic mass is 32.2. The maximum absolute atomic E-state index is 13.0. The third kappa shape index (κ3) is 5.65. The Labute approximate surface area is 211 Å². The van der Waals surface area contributed by atoms with Crippen LogP contribution in [0.3, 0.4) is 0 Å². The molecule has 0 spiro atoms. The lowest BCUT2D eigenvalue weighted by atomic mass is 9.87. The average molecular weight is 511 g/mol. The molecule has 0 radical (unpaired) electrons. The number of carbonyl (C=O) groups excluding carboxylic acids is 1. The number of thioether (sulfide) groups is 1. The van der Waals surface area contributed by atoms with Crippen molar-refractivity contribution in [1.29, 1.82) is 0 Å². The predicted molar refractivity (Wildman–Crippen MR) is 143 cm³/mol. The summed E-state index contributed by atoms with van der Waals surface area (Å²) < 4.78 is 34.2. The van der Waals surface area contributed by atoms with Crippen LogP contribution in [0.2, 0.25) is 0 Å². The van der Waals surface area contributed by atoms with Crippen LogP contribution in [-0.4, -0.2) is 26.7 Å². The minimum Gasteiger partial charge on any atom is -0.494 e. The van der Waals surface area contributed by atoms with Crippen LogP contribution in [0.15, 0.2) is 77.7 Å². The summed E-state index contributed by atoms with van der Waals surface area (Å²) in [5.74, 6) is 1.11. The van der Waals surface area contributed by atoms with E-state index in [1.54, 1.807) is 35.2 Å². The lowest BCUT2D eigenvalue weighted by Crippen LogP contribution is -2.27. The van der Waals surface area contributed by atoms with E-state index in [0.29, 0.717) is 18.0 Å². The highest BCUT2D eigenvalue weighted by molar-refractivity contribution is 8.00. The van der Waals surface area contributed by atoms with Crippen LogP contribution >= 0.6 is 11.8 Å². The van der Waals surface area contributed by atoms with Gasteiger partial charge in [0.15, 0.2) is 0 Å². The number of nitrogens with zero attached hydrogens (tertiary/aromatic N) is 1. The first-order chi connectivity index (χ1) is 16.6. The highest BCUT2D eigenvalue weighted by Crippen LogP contribution is 2.42. The number of hydrogen-bond donors (Lipinski definition) is 1. The van der Waals surface area contributed by atoms with E-state index in [1.165, 1.54) is 11.8 Å². The van der Waals surface area contributed by atoms with Crippen molar-refractivity contribution in [3.8, 4) is 5.75 Å². The first-order valence-corrected chi connectivity index (χ1v) is 14.0. The Morgan fingerprint density at radius 2 is 1.71 bits per heavy atom. The minimum atomic E-state index is -3.75. The van der Waals surface area contributed by atoms with Crippen LogP contribution in [0.5, 0.6) is 5.75 Å². The Balaban J connectivity index is 1.56. The molecular formula is C27H30N2O4S2. The minimum absolute atomic E-state index is 0.00841. The van der Waals surface area contributed by atoms with E-state index in [-0.39, 0.29) is 21.6 Å². The highest BCUT2D eigenvalue weighted by Gasteiger charge is 2.34. The number of nitrogens with one attached hydrogen (secondary N) is 1. The largest absolute Gasteiger partial charge is 0.494 e. The molecule has 1 N–H and O–H groups in total. The first-order valence-electron chi connectivity index (χ1n) is 11.5. The Hall–Kier alpha value is -2.97. The third-order valence-electron chi connectivity index (χ3n) is 5.75. The molecule has 1 atom stereocenters. The van der Waals surface area contributed by atoms with Gasteiger partial charge >= 0.3 is 0 Å². The summed E-state index contributed by atoms with van der Waals surface area (Å²) in [5, 5.41) is -0.254. The Morgan fingerprint density at radius 1 is 1.03 bits per heavy atom. The van der Waals surface area contributed by atoms with Crippen LogP contribution in [0.4, 0.5) is 11.4 Å². The zero-order valence-corrected chi connectivity index (χ0v) is 21.9. The zero-order valence-electron chi connectivity index (χ0n) is 20.3. The molecule has 6 nitrogen and oxygen atoms in total. The number of sulfonamides is 1. The number of anilines is 2. The van der Waals surface area contributed by atoms with Gasteiger partial charge in [-0.1, -0.05) is 45.0 Å². The molecule has 1 saturated heterocycles. The number of hydrogen-bond acceptors (Lipinski definition) is 5. The van der Waals surface area contributed by atoms with Gasteiger partial charge in [0.2, 0.25) is 5.91 Å². The van der Waals surface area contributed by atoms with Crippen molar-refractivity contribution in [1.82, 2.24) is 0 Å². The number of benzene rings is 3. The van der Waals surface area contributed by atoms with Gasteiger partial charge in [-0.15, -0.1) is 11.8 Å². The van der Waals surface area contributed by atoms with Crippen molar-refractivity contribution >= 4 is 39.1 Å². The lowest BCUT2D eigenvalue weighted by molar-refractivity contribution is -0.115. The number of ether oxygens (including phenoxy) is 1. The van der Waals surface area contributed by atoms with Gasteiger partial charge in [-0.2, -0.15) is 0 Å². The van der Waals surface area contributed by atoms with E-state index in [0.717, 1.165) is 22.6 Å². The summed E-state index contributed by atoms with van der Waals surface area (Å²) in [6.07, 6.45) is 0. The standard InChI is InChI=1S/C27H30N2O4S2/c1-5-33-23-13-11-22(12-14-23)29-25(30)18-34-26(29)19-7-6-8-21(17-19)28-35(31,32)24-15-9-20(10-16-24)27(2,3)4/h6-17,26,28H,5,18H2,1-4H3/t26-/m1/s1. The van der Waals surface area contributed by atoms with Crippen LogP contribution in [0.1, 0.15) is 44.2 Å². The van der Waals surface area contributed by atoms with Gasteiger partial charge in [0, 0.05) is 11.4 Å². The molecule has 0 bridgehead atoms. The van der Waals surface area contributed by atoms with Crippen LogP contribution in [0.25, 0.3) is 0 Å². The second-order valence-corrected chi connectivity index (χ2v) is 12.1. The quantitative estimate of drug-likeness (QED) is 0.424. The first kappa shape index (κ1) is 25.1. The predicted octanol–water partition coefficient (Wildman–Crippen LogP) is 5.96. The van der Waals surface area contributed by atoms with E-state index in [9.17, 15) is 13.2 Å². The molecule has 4 rings (SSSR count). The molecule has 0 unspecified atom stereocenters. The molecule has 1 heterocycles. The second kappa shape index (κ2) is 9.95. The molecule has 0 aliphatic carbocycles. The lowest BCUT2D eigenvalue weighted by Gasteiger charge is -2.25. The van der Waals surface area contributed by atoms with Gasteiger partial charge in [-0.05, 0) is 72.0 Å². The number of carbonyl (C=O) groups is 1. The Bertz CT molecular complexity index is 1300. The van der Waals surface area contributed by atoms with E-state index >= 15 is 0 Å². The molecular weight excluding hydrogens is 480 g/mol. The van der Waals surface area contributed by atoms with E-state index in [1.807, 2.05) is 49.4 Å². The van der Waals surface area contributed by atoms with Crippen molar-refractivity contribution in [2.75, 3.05) is 22.0 Å². The topological polar surface area (TPSA) is 75.7 Å². The summed E-state index contributed by atoms with van der Waals surface area (Å²) in [6.45, 7) is 8.75. The fourth-order valence-electron chi connectivity index (χ4n) is 3.92. The summed E-state index contributed by atoms with van der Waals surface area (Å²) >= 11 is 1.52. The maximum Gasteiger partial charge on any atom is 0.261 e. The number of amides is 1. The normalized spacial score (nSPS) is 16.4. The molecule has 35 heavy (non-hydrogen) atoms. The maximum atomic E-state index is 13.0. The Morgan fingerprint density at radius 3 is 2.34 bits per heavy atom. The van der Waals surface area contributed by atoms with Crippen molar-refractivity contribution in [2.24, 2.45) is 0 Å². The second-order valence-electron chi connectivity index (χ2n) is 9.36. The van der Waals surface area contributed by atoms with Gasteiger partial charge in [0.05, 0.1) is 17.3 Å².